The van der Waals surface area contributed by atoms with Gasteiger partial charge in [-0.3, -0.25) is 4.98 Å². The maximum absolute atomic E-state index is 4.49. The van der Waals surface area contributed by atoms with E-state index in [1.807, 2.05) is 17.1 Å². The van der Waals surface area contributed by atoms with Crippen LogP contribution in [0.15, 0.2) is 29.7 Å². The quantitative estimate of drug-likeness (QED) is 0.359. The van der Waals surface area contributed by atoms with Crippen molar-refractivity contribution in [1.82, 2.24) is 4.98 Å². The molecule has 1 rings (SSSR count). The molecule has 0 N–H and O–H groups in total. The molecule has 3 nitrogen and oxygen atoms in total. The van der Waals surface area contributed by atoms with Crippen LogP contribution in [0.1, 0.15) is 5.56 Å². The van der Waals surface area contributed by atoms with Crippen LogP contribution < -0.4 is 0 Å². The van der Waals surface area contributed by atoms with Gasteiger partial charge in [0.15, 0.2) is 0 Å². The largest absolute Gasteiger partial charge is 0.399 e. The zero-order chi connectivity index (χ0) is 9.23. The summed E-state index contributed by atoms with van der Waals surface area (Å²) >= 11 is 2.15. The third-order valence-electron chi connectivity index (χ3n) is 0.992. The third kappa shape index (κ3) is 5.06. The number of hydrogen-bond acceptors (Lipinski definition) is 3. The lowest BCUT2D eigenvalue weighted by molar-refractivity contribution is 0.215. The molecule has 0 aliphatic carbocycles. The Morgan fingerprint density at radius 2 is 2.33 bits per heavy atom. The van der Waals surface area contributed by atoms with E-state index in [-0.39, 0.29) is 0 Å². The van der Waals surface area contributed by atoms with E-state index < -0.39 is 0 Å². The highest BCUT2D eigenvalue weighted by Gasteiger charge is 1.82. The fourth-order valence-electron chi connectivity index (χ4n) is 0.566. The minimum absolute atomic E-state index is 0.935. The van der Waals surface area contributed by atoms with Gasteiger partial charge < -0.3 is 4.84 Å². The Balaban J connectivity index is 0.000000561. The molecule has 0 amide bonds. The predicted octanol–water partition coefficient (Wildman–Crippen LogP) is 2.11. The average molecular weight is 278 g/mol. The summed E-state index contributed by atoms with van der Waals surface area (Å²) in [5.41, 5.74) is 0.935. The first-order valence-electron chi connectivity index (χ1n) is 3.28. The van der Waals surface area contributed by atoms with Crippen LogP contribution in [0.3, 0.4) is 0 Å². The molecule has 0 fully saturated rings. The van der Waals surface area contributed by atoms with Crippen molar-refractivity contribution in [3.63, 3.8) is 0 Å². The van der Waals surface area contributed by atoms with Crippen LogP contribution in [0, 0.1) is 0 Å². The molecule has 4 heteroatoms. The summed E-state index contributed by atoms with van der Waals surface area (Å²) < 4.78 is 0. The van der Waals surface area contributed by atoms with Crippen LogP contribution in [0.4, 0.5) is 0 Å². The lowest BCUT2D eigenvalue weighted by Gasteiger charge is -1.87. The summed E-state index contributed by atoms with van der Waals surface area (Å²) in [6, 6.07) is 3.74. The Morgan fingerprint density at radius 3 is 2.83 bits per heavy atom. The van der Waals surface area contributed by atoms with Crippen molar-refractivity contribution in [1.29, 1.82) is 0 Å². The van der Waals surface area contributed by atoms with E-state index in [9.17, 15) is 0 Å². The van der Waals surface area contributed by atoms with Gasteiger partial charge in [0.2, 0.25) is 0 Å². The van der Waals surface area contributed by atoms with Crippen molar-refractivity contribution in [2.24, 2.45) is 5.16 Å². The normalized spacial score (nSPS) is 8.92. The van der Waals surface area contributed by atoms with Crippen molar-refractivity contribution in [2.45, 2.75) is 0 Å². The summed E-state index contributed by atoms with van der Waals surface area (Å²) in [7, 11) is 1.51. The molecule has 0 unspecified atom stereocenters. The molecule has 0 radical (unpaired) electrons. The number of halogens is 1. The van der Waals surface area contributed by atoms with E-state index in [4.69, 9.17) is 0 Å². The number of rotatable bonds is 2. The molecule has 0 aliphatic heterocycles. The molecule has 66 valence electrons. The molecule has 0 saturated carbocycles. The number of hydrogen-bond donors (Lipinski definition) is 0. The highest BCUT2D eigenvalue weighted by molar-refractivity contribution is 14.1. The van der Waals surface area contributed by atoms with E-state index in [0.29, 0.717) is 0 Å². The minimum atomic E-state index is 0.935. The lowest BCUT2D eigenvalue weighted by atomic mass is 10.3. The second-order valence-corrected chi connectivity index (χ2v) is 1.70. The first kappa shape index (κ1) is 11.4. The van der Waals surface area contributed by atoms with E-state index in [2.05, 4.69) is 37.6 Å². The number of oxime groups is 1. The zero-order valence-corrected chi connectivity index (χ0v) is 9.22. The summed E-state index contributed by atoms with van der Waals surface area (Å²) in [5.74, 6) is 0. The van der Waals surface area contributed by atoms with Gasteiger partial charge >= 0.3 is 0 Å². The number of pyridine rings is 1. The first-order chi connectivity index (χ1) is 5.93. The summed E-state index contributed by atoms with van der Waals surface area (Å²) in [6.07, 6.45) is 5.03. The van der Waals surface area contributed by atoms with Crippen LogP contribution in [0.5, 0.6) is 0 Å². The van der Waals surface area contributed by atoms with Gasteiger partial charge in [0.25, 0.3) is 0 Å². The maximum atomic E-state index is 4.49. The van der Waals surface area contributed by atoms with Gasteiger partial charge in [0.1, 0.15) is 7.11 Å². The monoisotopic (exact) mass is 278 g/mol. The summed E-state index contributed by atoms with van der Waals surface area (Å²) in [5, 5.41) is 3.58. The van der Waals surface area contributed by atoms with Gasteiger partial charge in [0.05, 0.1) is 6.21 Å². The fourth-order valence-corrected chi connectivity index (χ4v) is 0.566. The minimum Gasteiger partial charge on any atom is -0.399 e. The second-order valence-electron chi connectivity index (χ2n) is 1.70. The Hall–Kier alpha value is -0.650. The Labute approximate surface area is 86.0 Å². The number of nitrogens with zero attached hydrogens (tertiary/aromatic N) is 2. The molecular weight excluding hydrogens is 267 g/mol. The zero-order valence-electron chi connectivity index (χ0n) is 7.07. The van der Waals surface area contributed by atoms with Crippen molar-refractivity contribution >= 4 is 28.8 Å². The molecule has 0 aromatic carbocycles. The molecule has 0 atom stereocenters. The van der Waals surface area contributed by atoms with Crippen molar-refractivity contribution in [3.8, 4) is 0 Å². The van der Waals surface area contributed by atoms with Crippen molar-refractivity contribution < 1.29 is 4.84 Å². The van der Waals surface area contributed by atoms with Crippen LogP contribution in [-0.4, -0.2) is 23.2 Å². The molecule has 0 saturated heterocycles. The van der Waals surface area contributed by atoms with Gasteiger partial charge in [-0.2, -0.15) is 0 Å². The molecule has 1 aromatic rings. The smallest absolute Gasteiger partial charge is 0.106 e. The summed E-state index contributed by atoms with van der Waals surface area (Å²) in [4.78, 5) is 10.3. The predicted molar refractivity (Wildman–Crippen MR) is 58.8 cm³/mol. The molecule has 0 bridgehead atoms. The summed E-state index contributed by atoms with van der Waals surface area (Å²) in [6.45, 7) is 0. The topological polar surface area (TPSA) is 34.5 Å². The standard InChI is InChI=1S/C7H8N2O.CH3I/c1-10-9-6-7-3-2-4-8-5-7;1-2/h2-6H,1H3;1H3/b9-6+;. The molecule has 0 aliphatic rings. The Morgan fingerprint density at radius 1 is 1.58 bits per heavy atom. The van der Waals surface area contributed by atoms with E-state index >= 15 is 0 Å². The molecule has 12 heavy (non-hydrogen) atoms. The highest BCUT2D eigenvalue weighted by atomic mass is 127. The van der Waals surface area contributed by atoms with E-state index in [1.165, 1.54) is 7.11 Å². The van der Waals surface area contributed by atoms with Crippen LogP contribution in [0.2, 0.25) is 0 Å². The molecule has 1 heterocycles. The maximum Gasteiger partial charge on any atom is 0.106 e. The van der Waals surface area contributed by atoms with Crippen LogP contribution in [0.25, 0.3) is 0 Å². The van der Waals surface area contributed by atoms with Gasteiger partial charge in [-0.1, -0.05) is 33.8 Å². The van der Waals surface area contributed by atoms with E-state index in [1.54, 1.807) is 18.6 Å². The molecule has 0 spiro atoms. The van der Waals surface area contributed by atoms with Gasteiger partial charge in [-0.25, -0.2) is 0 Å². The van der Waals surface area contributed by atoms with Crippen LogP contribution >= 0.6 is 22.6 Å². The van der Waals surface area contributed by atoms with Crippen LogP contribution in [-0.2, 0) is 4.84 Å². The lowest BCUT2D eigenvalue weighted by Crippen LogP contribution is -1.81. The SMILES string of the molecule is CI.CO/N=C/c1cccnc1. The average Bonchev–Trinajstić information content (AvgIpc) is 2.19. The Kier molecular flexibility index (Phi) is 7.99. The van der Waals surface area contributed by atoms with Gasteiger partial charge in [-0.15, -0.1) is 0 Å². The highest BCUT2D eigenvalue weighted by Crippen LogP contribution is 1.89. The molecular formula is C8H11IN2O. The Bertz CT molecular complexity index is 214. The second kappa shape index (κ2) is 8.45. The number of aromatic nitrogens is 1. The fraction of sp³-hybridized carbons (Fsp3) is 0.250. The van der Waals surface area contributed by atoms with Gasteiger partial charge in [0, 0.05) is 18.0 Å². The first-order valence-corrected chi connectivity index (χ1v) is 5.43. The number of alkyl halides is 1. The van der Waals surface area contributed by atoms with Crippen molar-refractivity contribution in [3.05, 3.63) is 30.1 Å². The molecule has 1 aromatic heterocycles. The van der Waals surface area contributed by atoms with Crippen molar-refractivity contribution in [2.75, 3.05) is 12.0 Å². The van der Waals surface area contributed by atoms with Gasteiger partial charge in [-0.05, 0) is 11.0 Å². The van der Waals surface area contributed by atoms with E-state index in [0.717, 1.165) is 5.56 Å². The third-order valence-corrected chi connectivity index (χ3v) is 0.992.